The quantitative estimate of drug-likeness (QED) is 0.480. The molecule has 29 heavy (non-hydrogen) atoms. The van der Waals surface area contributed by atoms with Gasteiger partial charge in [0, 0.05) is 23.7 Å². The summed E-state index contributed by atoms with van der Waals surface area (Å²) in [5.41, 5.74) is 3.80. The highest BCUT2D eigenvalue weighted by Crippen LogP contribution is 2.42. The summed E-state index contributed by atoms with van der Waals surface area (Å²) in [6.07, 6.45) is 0. The molecule has 0 saturated heterocycles. The molecule has 2 heterocycles. The molecule has 0 aliphatic rings. The minimum atomic E-state index is 0.567. The van der Waals surface area contributed by atoms with Crippen molar-refractivity contribution in [3.63, 3.8) is 0 Å². The summed E-state index contributed by atoms with van der Waals surface area (Å²) in [6.45, 7) is 0. The second-order valence-electron chi connectivity index (χ2n) is 6.19. The third-order valence-corrected chi connectivity index (χ3v) is 5.36. The van der Waals surface area contributed by atoms with Crippen LogP contribution in [0, 0.1) is 0 Å². The van der Waals surface area contributed by atoms with Crippen LogP contribution in [0.5, 0.6) is 17.2 Å². The van der Waals surface area contributed by atoms with Gasteiger partial charge in [0.15, 0.2) is 17.3 Å². The van der Waals surface area contributed by atoms with Gasteiger partial charge in [0.2, 0.25) is 5.75 Å². The summed E-state index contributed by atoms with van der Waals surface area (Å²) < 4.78 is 22.5. The van der Waals surface area contributed by atoms with Crippen molar-refractivity contribution < 1.29 is 14.2 Å². The minimum absolute atomic E-state index is 0.567. The zero-order chi connectivity index (χ0) is 20.4. The topological polar surface area (TPSA) is 84.2 Å². The summed E-state index contributed by atoms with van der Waals surface area (Å²) in [5.74, 6) is 2.50. The molecular weight excluding hydrogens is 390 g/mol. The number of benzene rings is 2. The summed E-state index contributed by atoms with van der Waals surface area (Å²) in [4.78, 5) is 1.00. The van der Waals surface area contributed by atoms with E-state index in [-0.39, 0.29) is 0 Å². The Hall–Kier alpha value is -3.46. The van der Waals surface area contributed by atoms with E-state index in [0.717, 1.165) is 27.3 Å². The average Bonchev–Trinajstić information content (AvgIpc) is 3.42. The first kappa shape index (κ1) is 18.9. The second kappa shape index (κ2) is 7.88. The van der Waals surface area contributed by atoms with E-state index >= 15 is 0 Å². The molecule has 148 valence electrons. The Morgan fingerprint density at radius 1 is 0.828 bits per heavy atom. The lowest BCUT2D eigenvalue weighted by Crippen LogP contribution is -1.95. The predicted octanol–water partition coefficient (Wildman–Crippen LogP) is 3.69. The molecule has 0 saturated carbocycles. The second-order valence-corrected chi connectivity index (χ2v) is 7.00. The van der Waals surface area contributed by atoms with Gasteiger partial charge in [0.1, 0.15) is 0 Å². The number of rotatable bonds is 6. The van der Waals surface area contributed by atoms with E-state index in [4.69, 9.17) is 14.2 Å². The molecule has 0 fully saturated rings. The molecule has 2 aromatic heterocycles. The zero-order valence-corrected chi connectivity index (χ0v) is 17.2. The Morgan fingerprint density at radius 2 is 1.48 bits per heavy atom. The van der Waals surface area contributed by atoms with Crippen LogP contribution in [-0.2, 0) is 7.05 Å². The van der Waals surface area contributed by atoms with Gasteiger partial charge in [0.25, 0.3) is 0 Å². The van der Waals surface area contributed by atoms with Gasteiger partial charge in [0.05, 0.1) is 31.9 Å². The summed E-state index contributed by atoms with van der Waals surface area (Å²) in [5, 5.41) is 11.6. The highest BCUT2D eigenvalue weighted by Gasteiger charge is 2.16. The fourth-order valence-corrected chi connectivity index (χ4v) is 3.78. The smallest absolute Gasteiger partial charge is 0.203 e. The molecule has 0 unspecified atom stereocenters. The summed E-state index contributed by atoms with van der Waals surface area (Å²) in [6, 6.07) is 13.9. The molecule has 4 rings (SSSR count). The first-order chi connectivity index (χ1) is 14.1. The maximum Gasteiger partial charge on any atom is 0.203 e. The zero-order valence-electron chi connectivity index (χ0n) is 16.4. The highest BCUT2D eigenvalue weighted by atomic mass is 32.1. The van der Waals surface area contributed by atoms with Gasteiger partial charge >= 0.3 is 0 Å². The molecule has 0 aliphatic heterocycles. The number of aryl methyl sites for hydroxylation is 1. The van der Waals surface area contributed by atoms with Crippen molar-refractivity contribution in [2.75, 3.05) is 21.3 Å². The normalized spacial score (nSPS) is 10.8. The van der Waals surface area contributed by atoms with Crippen LogP contribution in [0.25, 0.3) is 33.1 Å². The Bertz CT molecular complexity index is 1110. The lowest BCUT2D eigenvalue weighted by Gasteiger charge is -2.13. The van der Waals surface area contributed by atoms with Gasteiger partial charge in [-0.05, 0) is 40.2 Å². The standard InChI is InChI=1S/C20H19N5O3S/c1-25-20(21-23-24-25)13-7-5-12(6-8-13)15-11-18(29-22-15)14-9-16(26-2)19(28-4)17(10-14)27-3/h5-11H,1-4H3. The third-order valence-electron chi connectivity index (χ3n) is 4.52. The number of nitrogens with zero attached hydrogens (tertiary/aromatic N) is 5. The lowest BCUT2D eigenvalue weighted by molar-refractivity contribution is 0.324. The van der Waals surface area contributed by atoms with E-state index in [1.807, 2.05) is 49.5 Å². The number of methoxy groups -OCH3 is 3. The van der Waals surface area contributed by atoms with Crippen molar-refractivity contribution in [1.82, 2.24) is 24.6 Å². The molecule has 0 spiro atoms. The molecule has 9 heteroatoms. The van der Waals surface area contributed by atoms with Gasteiger partial charge in [-0.25, -0.2) is 4.68 Å². The van der Waals surface area contributed by atoms with Crippen LogP contribution < -0.4 is 14.2 Å². The van der Waals surface area contributed by atoms with Crippen molar-refractivity contribution in [3.05, 3.63) is 42.5 Å². The monoisotopic (exact) mass is 409 g/mol. The summed E-state index contributed by atoms with van der Waals surface area (Å²) in [7, 11) is 6.61. The van der Waals surface area contributed by atoms with E-state index in [0.29, 0.717) is 23.1 Å². The molecule has 0 amide bonds. The van der Waals surface area contributed by atoms with Crippen LogP contribution in [0.4, 0.5) is 0 Å². The van der Waals surface area contributed by atoms with Crippen molar-refractivity contribution in [1.29, 1.82) is 0 Å². The molecule has 0 N–H and O–H groups in total. The lowest BCUT2D eigenvalue weighted by atomic mass is 10.1. The molecule has 0 aliphatic carbocycles. The number of hydrogen-bond acceptors (Lipinski definition) is 8. The van der Waals surface area contributed by atoms with Gasteiger partial charge in [-0.1, -0.05) is 24.3 Å². The first-order valence-corrected chi connectivity index (χ1v) is 9.52. The van der Waals surface area contributed by atoms with E-state index < -0.39 is 0 Å². The fourth-order valence-electron chi connectivity index (χ4n) is 3.03. The summed E-state index contributed by atoms with van der Waals surface area (Å²) >= 11 is 1.42. The van der Waals surface area contributed by atoms with Crippen LogP contribution in [-0.4, -0.2) is 45.9 Å². The predicted molar refractivity (Wildman–Crippen MR) is 110 cm³/mol. The largest absolute Gasteiger partial charge is 0.493 e. The van der Waals surface area contributed by atoms with Crippen LogP contribution in [0.2, 0.25) is 0 Å². The van der Waals surface area contributed by atoms with Crippen LogP contribution >= 0.6 is 11.5 Å². The fraction of sp³-hybridized carbons (Fsp3) is 0.200. The Morgan fingerprint density at radius 3 is 2.03 bits per heavy atom. The van der Waals surface area contributed by atoms with E-state index in [9.17, 15) is 0 Å². The number of hydrogen-bond donors (Lipinski definition) is 0. The molecule has 8 nitrogen and oxygen atoms in total. The first-order valence-electron chi connectivity index (χ1n) is 8.75. The maximum atomic E-state index is 5.45. The number of tetrazole rings is 1. The molecule has 0 radical (unpaired) electrons. The average molecular weight is 409 g/mol. The van der Waals surface area contributed by atoms with Gasteiger partial charge < -0.3 is 14.2 Å². The van der Waals surface area contributed by atoms with E-state index in [2.05, 4.69) is 19.9 Å². The Kier molecular flexibility index (Phi) is 5.13. The van der Waals surface area contributed by atoms with Crippen molar-refractivity contribution >= 4 is 11.5 Å². The molecule has 0 bridgehead atoms. The van der Waals surface area contributed by atoms with Crippen LogP contribution in [0.3, 0.4) is 0 Å². The van der Waals surface area contributed by atoms with Gasteiger partial charge in [-0.3, -0.25) is 0 Å². The Balaban J connectivity index is 1.66. The molecule has 2 aromatic carbocycles. The SMILES string of the molecule is COc1cc(-c2cc(-c3ccc(-c4nnnn4C)cc3)ns2)cc(OC)c1OC. The number of aromatic nitrogens is 5. The van der Waals surface area contributed by atoms with Gasteiger partial charge in [-0.15, -0.1) is 5.10 Å². The van der Waals surface area contributed by atoms with E-state index in [1.165, 1.54) is 11.5 Å². The number of ether oxygens (including phenoxy) is 3. The molecule has 0 atom stereocenters. The Labute approximate surface area is 171 Å². The van der Waals surface area contributed by atoms with Crippen LogP contribution in [0.1, 0.15) is 0 Å². The molecule has 4 aromatic rings. The minimum Gasteiger partial charge on any atom is -0.493 e. The highest BCUT2D eigenvalue weighted by molar-refractivity contribution is 7.09. The third kappa shape index (κ3) is 3.52. The molecular formula is C20H19N5O3S. The maximum absolute atomic E-state index is 5.45. The van der Waals surface area contributed by atoms with Crippen molar-refractivity contribution in [2.24, 2.45) is 7.05 Å². The van der Waals surface area contributed by atoms with Gasteiger partial charge in [-0.2, -0.15) is 4.37 Å². The van der Waals surface area contributed by atoms with Crippen molar-refractivity contribution in [2.45, 2.75) is 0 Å². The van der Waals surface area contributed by atoms with Crippen molar-refractivity contribution in [3.8, 4) is 50.3 Å². The van der Waals surface area contributed by atoms with Crippen LogP contribution in [0.15, 0.2) is 42.5 Å². The van der Waals surface area contributed by atoms with E-state index in [1.54, 1.807) is 26.0 Å².